The van der Waals surface area contributed by atoms with Gasteiger partial charge in [0.2, 0.25) is 5.69 Å². The Kier molecular flexibility index (Phi) is 2.27. The average molecular weight is 223 g/mol. The Morgan fingerprint density at radius 1 is 1.71 bits per heavy atom. The summed E-state index contributed by atoms with van der Waals surface area (Å²) in [6, 6.07) is 0. The van der Waals surface area contributed by atoms with Crippen LogP contribution in [0.5, 0.6) is 0 Å². The van der Waals surface area contributed by atoms with Crippen LogP contribution in [0.25, 0.3) is 15.1 Å². The number of thiophene rings is 1. The maximum Gasteiger partial charge on any atom is 0.267 e. The van der Waals surface area contributed by atoms with Gasteiger partial charge in [-0.1, -0.05) is 0 Å². The highest BCUT2D eigenvalue weighted by atomic mass is 32.2. The van der Waals surface area contributed by atoms with Crippen LogP contribution < -0.4 is 5.56 Å². The highest BCUT2D eigenvalue weighted by molar-refractivity contribution is 8.00. The second-order valence-corrected chi connectivity index (χ2v) is 4.56. The van der Waals surface area contributed by atoms with Crippen molar-refractivity contribution < 1.29 is 0 Å². The van der Waals surface area contributed by atoms with Gasteiger partial charge in [-0.05, 0) is 6.26 Å². The van der Waals surface area contributed by atoms with Crippen LogP contribution in [0.1, 0.15) is 0 Å². The van der Waals surface area contributed by atoms with Crippen LogP contribution >= 0.6 is 23.1 Å². The zero-order chi connectivity index (χ0) is 10.1. The van der Waals surface area contributed by atoms with E-state index in [4.69, 9.17) is 6.57 Å². The van der Waals surface area contributed by atoms with Crippen molar-refractivity contribution in [2.75, 3.05) is 6.26 Å². The van der Waals surface area contributed by atoms with E-state index in [1.807, 2.05) is 6.26 Å². The van der Waals surface area contributed by atoms with E-state index in [2.05, 4.69) is 14.8 Å². The number of fused-ring (bicyclic) bond motifs is 1. The number of hydrogen-bond donors (Lipinski definition) is 1. The molecule has 0 aromatic carbocycles. The third-order valence-electron chi connectivity index (χ3n) is 1.72. The molecule has 0 atom stereocenters. The fourth-order valence-electron chi connectivity index (χ4n) is 1.13. The molecular weight excluding hydrogens is 218 g/mol. The summed E-state index contributed by atoms with van der Waals surface area (Å²) in [4.78, 5) is 21.3. The minimum atomic E-state index is -0.176. The minimum absolute atomic E-state index is 0.176. The van der Waals surface area contributed by atoms with Crippen LogP contribution in [-0.2, 0) is 0 Å². The Bertz CT molecular complexity index is 578. The average Bonchev–Trinajstić information content (AvgIpc) is 2.57. The molecule has 0 spiro atoms. The molecular formula is C8H5N3OS2. The first-order valence-corrected chi connectivity index (χ1v) is 5.73. The normalized spacial score (nSPS) is 10.3. The summed E-state index contributed by atoms with van der Waals surface area (Å²) < 4.78 is 1.38. The molecule has 70 valence electrons. The Hall–Kier alpha value is -1.32. The van der Waals surface area contributed by atoms with E-state index in [-0.39, 0.29) is 5.56 Å². The fraction of sp³-hybridized carbons (Fsp3) is 0.125. The molecule has 1 N–H and O–H groups in total. The van der Waals surface area contributed by atoms with Crippen molar-refractivity contribution in [1.29, 1.82) is 0 Å². The van der Waals surface area contributed by atoms with Crippen molar-refractivity contribution in [1.82, 2.24) is 9.97 Å². The summed E-state index contributed by atoms with van der Waals surface area (Å²) >= 11 is 2.78. The molecule has 0 radical (unpaired) electrons. The summed E-state index contributed by atoms with van der Waals surface area (Å²) in [6.45, 7) is 7.02. The van der Waals surface area contributed by atoms with Crippen LogP contribution in [0.4, 0.5) is 5.69 Å². The van der Waals surface area contributed by atoms with E-state index in [1.54, 1.807) is 0 Å². The largest absolute Gasteiger partial charge is 0.312 e. The maximum atomic E-state index is 11.4. The molecule has 0 bridgehead atoms. The first-order chi connectivity index (χ1) is 6.77. The smallest absolute Gasteiger partial charge is 0.267 e. The number of aromatic nitrogens is 2. The fourth-order valence-corrected chi connectivity index (χ4v) is 2.87. The van der Waals surface area contributed by atoms with Gasteiger partial charge >= 0.3 is 0 Å². The quantitative estimate of drug-likeness (QED) is 0.596. The van der Waals surface area contributed by atoms with Crippen LogP contribution in [0.2, 0.25) is 0 Å². The number of nitrogens with zero attached hydrogens (tertiary/aromatic N) is 2. The molecule has 0 saturated carbocycles. The van der Waals surface area contributed by atoms with Crippen LogP contribution in [0.15, 0.2) is 15.3 Å². The predicted molar refractivity (Wildman–Crippen MR) is 58.3 cm³/mol. The van der Waals surface area contributed by atoms with Crippen molar-refractivity contribution in [3.05, 3.63) is 28.1 Å². The molecule has 2 heterocycles. The van der Waals surface area contributed by atoms with Crippen molar-refractivity contribution in [3.63, 3.8) is 0 Å². The van der Waals surface area contributed by atoms with Gasteiger partial charge in [-0.2, -0.15) is 0 Å². The summed E-state index contributed by atoms with van der Waals surface area (Å²) in [6.07, 6.45) is 3.21. The topological polar surface area (TPSA) is 50.1 Å². The molecule has 0 amide bonds. The van der Waals surface area contributed by atoms with E-state index in [1.165, 1.54) is 29.4 Å². The summed E-state index contributed by atoms with van der Waals surface area (Å²) in [7, 11) is 0. The molecule has 6 heteroatoms. The molecule has 0 aliphatic carbocycles. The molecule has 2 aromatic rings. The minimum Gasteiger partial charge on any atom is -0.312 e. The van der Waals surface area contributed by atoms with Gasteiger partial charge in [0, 0.05) is 0 Å². The van der Waals surface area contributed by atoms with E-state index in [0.717, 1.165) is 4.21 Å². The van der Waals surface area contributed by atoms with E-state index in [0.29, 0.717) is 15.9 Å². The third-order valence-corrected chi connectivity index (χ3v) is 4.00. The molecule has 0 aliphatic rings. The first-order valence-electron chi connectivity index (χ1n) is 3.69. The zero-order valence-corrected chi connectivity index (χ0v) is 8.83. The molecule has 0 saturated heterocycles. The SMILES string of the molecule is [C-]#[N+]c1c(SC)sc2c(=O)[nH]cnc12. The monoisotopic (exact) mass is 223 g/mol. The van der Waals surface area contributed by atoms with Gasteiger partial charge in [-0.3, -0.25) is 4.79 Å². The summed E-state index contributed by atoms with van der Waals surface area (Å²) in [5.74, 6) is 0. The van der Waals surface area contributed by atoms with Gasteiger partial charge < -0.3 is 4.98 Å². The lowest BCUT2D eigenvalue weighted by Gasteiger charge is -1.87. The summed E-state index contributed by atoms with van der Waals surface area (Å²) in [5.41, 5.74) is 0.826. The number of aromatic amines is 1. The molecule has 2 rings (SSSR count). The van der Waals surface area contributed by atoms with Crippen LogP contribution in [-0.4, -0.2) is 16.2 Å². The first kappa shape index (κ1) is 9.24. The van der Waals surface area contributed by atoms with Crippen molar-refractivity contribution >= 4 is 39.0 Å². The lowest BCUT2D eigenvalue weighted by atomic mass is 10.4. The van der Waals surface area contributed by atoms with Crippen LogP contribution in [0, 0.1) is 6.57 Å². The molecule has 4 nitrogen and oxygen atoms in total. The molecule has 0 aliphatic heterocycles. The van der Waals surface area contributed by atoms with Crippen molar-refractivity contribution in [2.45, 2.75) is 4.21 Å². The predicted octanol–water partition coefficient (Wildman–Crippen LogP) is 2.26. The standard InChI is InChI=1S/C8H5N3OS2/c1-9-5-4-6(14-8(5)13-2)7(12)11-3-10-4/h3H,2H3,(H,10,11,12). The highest BCUT2D eigenvalue weighted by Gasteiger charge is 2.14. The second kappa shape index (κ2) is 3.44. The van der Waals surface area contributed by atoms with Gasteiger partial charge in [0.15, 0.2) is 0 Å². The maximum absolute atomic E-state index is 11.4. The molecule has 14 heavy (non-hydrogen) atoms. The van der Waals surface area contributed by atoms with Crippen LogP contribution in [0.3, 0.4) is 0 Å². The highest BCUT2D eigenvalue weighted by Crippen LogP contribution is 2.40. The van der Waals surface area contributed by atoms with Gasteiger partial charge in [-0.15, -0.1) is 23.1 Å². The molecule has 0 fully saturated rings. The van der Waals surface area contributed by atoms with Crippen molar-refractivity contribution in [2.24, 2.45) is 0 Å². The van der Waals surface area contributed by atoms with Gasteiger partial charge in [0.1, 0.15) is 4.70 Å². The Morgan fingerprint density at radius 2 is 2.50 bits per heavy atom. The number of H-pyrrole nitrogens is 1. The lowest BCUT2D eigenvalue weighted by molar-refractivity contribution is 1.18. The van der Waals surface area contributed by atoms with Gasteiger partial charge in [0.05, 0.1) is 22.6 Å². The third kappa shape index (κ3) is 1.22. The second-order valence-electron chi connectivity index (χ2n) is 2.46. The van der Waals surface area contributed by atoms with Gasteiger partial charge in [0.25, 0.3) is 5.56 Å². The zero-order valence-electron chi connectivity index (χ0n) is 7.20. The summed E-state index contributed by atoms with van der Waals surface area (Å²) in [5, 5.41) is 0. The number of hydrogen-bond acceptors (Lipinski definition) is 4. The lowest BCUT2D eigenvalue weighted by Crippen LogP contribution is -2.03. The number of nitrogens with one attached hydrogen (secondary N) is 1. The van der Waals surface area contributed by atoms with Gasteiger partial charge in [-0.25, -0.2) is 9.83 Å². The van der Waals surface area contributed by atoms with Crippen molar-refractivity contribution in [3.8, 4) is 0 Å². The van der Waals surface area contributed by atoms with E-state index < -0.39 is 0 Å². The Morgan fingerprint density at radius 3 is 3.14 bits per heavy atom. The Balaban J connectivity index is 2.95. The molecule has 2 aromatic heterocycles. The van der Waals surface area contributed by atoms with E-state index >= 15 is 0 Å². The molecule has 0 unspecified atom stereocenters. The number of thioether (sulfide) groups is 1. The Labute approximate surface area is 87.8 Å². The number of rotatable bonds is 1. The van der Waals surface area contributed by atoms with E-state index in [9.17, 15) is 4.79 Å².